The van der Waals surface area contributed by atoms with Gasteiger partial charge in [-0.05, 0) is 17.2 Å². The third kappa shape index (κ3) is 2.29. The molecule has 23 heavy (non-hydrogen) atoms. The van der Waals surface area contributed by atoms with E-state index in [4.69, 9.17) is 4.74 Å². The number of pyridine rings is 1. The van der Waals surface area contributed by atoms with Crippen LogP contribution >= 0.6 is 0 Å². The van der Waals surface area contributed by atoms with Gasteiger partial charge in [0.2, 0.25) is 5.88 Å². The van der Waals surface area contributed by atoms with Crippen LogP contribution in [0, 0.1) is 0 Å². The molecule has 0 saturated heterocycles. The van der Waals surface area contributed by atoms with E-state index in [1.54, 1.807) is 19.5 Å². The van der Waals surface area contributed by atoms with Crippen LogP contribution < -0.4 is 4.74 Å². The molecule has 1 aliphatic carbocycles. The molecule has 1 aromatic carbocycles. The summed E-state index contributed by atoms with van der Waals surface area (Å²) in [6.45, 7) is 0. The van der Waals surface area contributed by atoms with E-state index in [0.717, 1.165) is 17.0 Å². The van der Waals surface area contributed by atoms with Gasteiger partial charge in [0.25, 0.3) is 0 Å². The number of imidazole rings is 1. The number of aliphatic hydroxyl groups is 1. The molecule has 5 nitrogen and oxygen atoms in total. The molecule has 0 fully saturated rings. The third-order valence-corrected chi connectivity index (χ3v) is 4.34. The van der Waals surface area contributed by atoms with Gasteiger partial charge in [-0.1, -0.05) is 24.3 Å². The van der Waals surface area contributed by atoms with Gasteiger partial charge in [0, 0.05) is 36.6 Å². The minimum Gasteiger partial charge on any atom is -0.481 e. The third-order valence-electron chi connectivity index (χ3n) is 4.34. The molecule has 2 aromatic heterocycles. The molecule has 2 heterocycles. The highest BCUT2D eigenvalue weighted by Gasteiger charge is 2.33. The fourth-order valence-corrected chi connectivity index (χ4v) is 3.31. The molecule has 0 bridgehead atoms. The van der Waals surface area contributed by atoms with E-state index in [1.807, 2.05) is 35.0 Å². The van der Waals surface area contributed by atoms with Gasteiger partial charge in [0.15, 0.2) is 0 Å². The SMILES string of the molecule is COc1cc(-c2nccn2[C@@H]2c3ccccc3C[C@@H]2O)ccn1. The zero-order chi connectivity index (χ0) is 15.8. The fraction of sp³-hybridized carbons (Fsp3) is 0.222. The highest BCUT2D eigenvalue weighted by molar-refractivity contribution is 5.57. The number of fused-ring (bicyclic) bond motifs is 1. The van der Waals surface area contributed by atoms with Gasteiger partial charge in [-0.3, -0.25) is 0 Å². The molecule has 2 atom stereocenters. The Morgan fingerprint density at radius 3 is 2.91 bits per heavy atom. The van der Waals surface area contributed by atoms with Crippen molar-refractivity contribution in [2.45, 2.75) is 18.6 Å². The predicted molar refractivity (Wildman–Crippen MR) is 86.3 cm³/mol. The van der Waals surface area contributed by atoms with E-state index < -0.39 is 6.10 Å². The van der Waals surface area contributed by atoms with Crippen molar-refractivity contribution in [1.29, 1.82) is 0 Å². The van der Waals surface area contributed by atoms with Crippen molar-refractivity contribution in [3.8, 4) is 17.3 Å². The van der Waals surface area contributed by atoms with Gasteiger partial charge in [-0.15, -0.1) is 0 Å². The van der Waals surface area contributed by atoms with E-state index in [2.05, 4.69) is 22.1 Å². The van der Waals surface area contributed by atoms with Crippen LogP contribution in [0.4, 0.5) is 0 Å². The van der Waals surface area contributed by atoms with Crippen LogP contribution in [0.15, 0.2) is 55.0 Å². The molecular formula is C18H17N3O2. The van der Waals surface area contributed by atoms with E-state index in [1.165, 1.54) is 5.56 Å². The predicted octanol–water partition coefficient (Wildman–Crippen LogP) is 2.46. The van der Waals surface area contributed by atoms with Crippen molar-refractivity contribution in [2.75, 3.05) is 7.11 Å². The topological polar surface area (TPSA) is 60.2 Å². The van der Waals surface area contributed by atoms with E-state index in [-0.39, 0.29) is 6.04 Å². The number of aromatic nitrogens is 3. The first-order valence-corrected chi connectivity index (χ1v) is 7.57. The zero-order valence-electron chi connectivity index (χ0n) is 12.8. The van der Waals surface area contributed by atoms with Gasteiger partial charge in [-0.25, -0.2) is 9.97 Å². The number of hydrogen-bond acceptors (Lipinski definition) is 4. The van der Waals surface area contributed by atoms with Gasteiger partial charge >= 0.3 is 0 Å². The molecule has 1 N–H and O–H groups in total. The Labute approximate surface area is 134 Å². The Balaban J connectivity index is 1.81. The smallest absolute Gasteiger partial charge is 0.213 e. The van der Waals surface area contributed by atoms with Crippen LogP contribution in [0.2, 0.25) is 0 Å². The van der Waals surface area contributed by atoms with Crippen molar-refractivity contribution in [2.24, 2.45) is 0 Å². The molecule has 0 amide bonds. The van der Waals surface area contributed by atoms with E-state index in [9.17, 15) is 5.11 Å². The molecule has 1 aliphatic rings. The summed E-state index contributed by atoms with van der Waals surface area (Å²) in [6.07, 6.45) is 5.59. The van der Waals surface area contributed by atoms with Crippen molar-refractivity contribution >= 4 is 0 Å². The highest BCUT2D eigenvalue weighted by Crippen LogP contribution is 2.37. The molecule has 0 spiro atoms. The quantitative estimate of drug-likeness (QED) is 0.807. The second-order valence-electron chi connectivity index (χ2n) is 5.66. The molecule has 0 radical (unpaired) electrons. The monoisotopic (exact) mass is 307 g/mol. The summed E-state index contributed by atoms with van der Waals surface area (Å²) in [5.74, 6) is 1.34. The van der Waals surface area contributed by atoms with Crippen molar-refractivity contribution in [3.05, 3.63) is 66.1 Å². The summed E-state index contributed by atoms with van der Waals surface area (Å²) < 4.78 is 7.23. The number of ether oxygens (including phenoxy) is 1. The minimum absolute atomic E-state index is 0.122. The molecule has 0 unspecified atom stereocenters. The summed E-state index contributed by atoms with van der Waals surface area (Å²) >= 11 is 0. The molecule has 0 saturated carbocycles. The van der Waals surface area contributed by atoms with Crippen molar-refractivity contribution < 1.29 is 9.84 Å². The standard InChI is InChI=1S/C18H17N3O2/c1-23-16-11-13(6-7-19-16)18-20-8-9-21(18)17-14-5-3-2-4-12(14)10-15(17)22/h2-9,11,15,17,22H,10H2,1H3/t15-,17+/m0/s1. The number of rotatable bonds is 3. The molecule has 5 heteroatoms. The lowest BCUT2D eigenvalue weighted by atomic mass is 10.1. The number of benzene rings is 1. The molecule has 0 aliphatic heterocycles. The lowest BCUT2D eigenvalue weighted by Gasteiger charge is -2.20. The van der Waals surface area contributed by atoms with Crippen LogP contribution in [0.5, 0.6) is 5.88 Å². The van der Waals surface area contributed by atoms with Crippen molar-refractivity contribution in [1.82, 2.24) is 14.5 Å². The fourth-order valence-electron chi connectivity index (χ4n) is 3.31. The summed E-state index contributed by atoms with van der Waals surface area (Å²) in [5.41, 5.74) is 3.26. The van der Waals surface area contributed by atoms with Gasteiger partial charge in [0.1, 0.15) is 5.82 Å². The van der Waals surface area contributed by atoms with E-state index in [0.29, 0.717) is 12.3 Å². The van der Waals surface area contributed by atoms with Crippen LogP contribution in [0.25, 0.3) is 11.4 Å². The van der Waals surface area contributed by atoms with Gasteiger partial charge in [0.05, 0.1) is 19.3 Å². The number of nitrogens with zero attached hydrogens (tertiary/aromatic N) is 3. The second-order valence-corrected chi connectivity index (χ2v) is 5.66. The Bertz CT molecular complexity index is 844. The zero-order valence-corrected chi connectivity index (χ0v) is 12.8. The summed E-state index contributed by atoms with van der Waals surface area (Å²) in [4.78, 5) is 8.62. The van der Waals surface area contributed by atoms with Crippen LogP contribution in [-0.2, 0) is 6.42 Å². The average Bonchev–Trinajstić information content (AvgIpc) is 3.17. The first-order chi connectivity index (χ1) is 11.3. The number of aliphatic hydroxyl groups excluding tert-OH is 1. The Hall–Kier alpha value is -2.66. The van der Waals surface area contributed by atoms with Crippen LogP contribution in [0.3, 0.4) is 0 Å². The first-order valence-electron chi connectivity index (χ1n) is 7.57. The number of methoxy groups -OCH3 is 1. The molecule has 116 valence electrons. The average molecular weight is 307 g/mol. The normalized spacial score (nSPS) is 19.6. The Morgan fingerprint density at radius 2 is 2.04 bits per heavy atom. The van der Waals surface area contributed by atoms with E-state index >= 15 is 0 Å². The maximum absolute atomic E-state index is 10.6. The molecule has 4 rings (SSSR count). The maximum atomic E-state index is 10.6. The number of hydrogen-bond donors (Lipinski definition) is 1. The maximum Gasteiger partial charge on any atom is 0.213 e. The molecular weight excluding hydrogens is 290 g/mol. The van der Waals surface area contributed by atoms with Crippen molar-refractivity contribution in [3.63, 3.8) is 0 Å². The second kappa shape index (κ2) is 5.52. The largest absolute Gasteiger partial charge is 0.481 e. The Kier molecular flexibility index (Phi) is 3.35. The van der Waals surface area contributed by atoms with Gasteiger partial charge < -0.3 is 14.4 Å². The van der Waals surface area contributed by atoms with Crippen LogP contribution in [-0.4, -0.2) is 32.9 Å². The first kappa shape index (κ1) is 14.0. The highest BCUT2D eigenvalue weighted by atomic mass is 16.5. The minimum atomic E-state index is -0.455. The summed E-state index contributed by atoms with van der Waals surface area (Å²) in [7, 11) is 1.59. The summed E-state index contributed by atoms with van der Waals surface area (Å²) in [6, 6.07) is 11.8. The lowest BCUT2D eigenvalue weighted by Crippen LogP contribution is -2.21. The lowest BCUT2D eigenvalue weighted by molar-refractivity contribution is 0.145. The van der Waals surface area contributed by atoms with Crippen LogP contribution in [0.1, 0.15) is 17.2 Å². The molecule has 3 aromatic rings. The summed E-state index contributed by atoms with van der Waals surface area (Å²) in [5, 5.41) is 10.6. The Morgan fingerprint density at radius 1 is 1.17 bits per heavy atom. The van der Waals surface area contributed by atoms with Gasteiger partial charge in [-0.2, -0.15) is 0 Å².